The molecule has 0 saturated carbocycles. The summed E-state index contributed by atoms with van der Waals surface area (Å²) in [4.78, 5) is 0. The summed E-state index contributed by atoms with van der Waals surface area (Å²) in [6.07, 6.45) is 2.68. The van der Waals surface area contributed by atoms with Crippen molar-refractivity contribution in [3.63, 3.8) is 0 Å². The van der Waals surface area contributed by atoms with Gasteiger partial charge in [-0.05, 0) is 25.0 Å². The van der Waals surface area contributed by atoms with Gasteiger partial charge in [-0.25, -0.2) is 4.39 Å². The zero-order chi connectivity index (χ0) is 13.2. The number of hydrogen-bond acceptors (Lipinski definition) is 3. The number of nitrogens with one attached hydrogen (secondary N) is 1. The van der Waals surface area contributed by atoms with Gasteiger partial charge in [-0.3, -0.25) is 4.72 Å². The maximum Gasteiger partial charge on any atom is 0.301 e. The van der Waals surface area contributed by atoms with E-state index in [9.17, 15) is 12.8 Å². The Balaban J connectivity index is 2.22. The number of rotatable bonds is 3. The fraction of sp³-hybridized carbons (Fsp3) is 0.455. The lowest BCUT2D eigenvalue weighted by Crippen LogP contribution is -2.39. The number of nitrogens with two attached hydrogens (primary N) is 1. The average Bonchev–Trinajstić information content (AvgIpc) is 2.35. The summed E-state index contributed by atoms with van der Waals surface area (Å²) < 4.78 is 41.2. The average molecular weight is 273 g/mol. The number of piperidine rings is 1. The molecule has 0 bridgehead atoms. The summed E-state index contributed by atoms with van der Waals surface area (Å²) in [5.41, 5.74) is 5.47. The number of nitrogen functional groups attached to an aromatic ring is 1. The molecule has 18 heavy (non-hydrogen) atoms. The zero-order valence-corrected chi connectivity index (χ0v) is 10.7. The van der Waals surface area contributed by atoms with Crippen LogP contribution < -0.4 is 10.5 Å². The lowest BCUT2D eigenvalue weighted by Gasteiger charge is -2.26. The SMILES string of the molecule is Nc1cccc(F)c1NS(=O)(=O)N1CCCCC1. The summed E-state index contributed by atoms with van der Waals surface area (Å²) in [5, 5.41) is 0. The second-order valence-corrected chi connectivity index (χ2v) is 5.94. The van der Waals surface area contributed by atoms with Crippen molar-refractivity contribution >= 4 is 21.6 Å². The summed E-state index contributed by atoms with van der Waals surface area (Å²) >= 11 is 0. The van der Waals surface area contributed by atoms with Gasteiger partial charge in [-0.1, -0.05) is 12.5 Å². The second kappa shape index (κ2) is 5.11. The summed E-state index contributed by atoms with van der Waals surface area (Å²) in [7, 11) is -3.72. The molecule has 5 nitrogen and oxygen atoms in total. The van der Waals surface area contributed by atoms with Gasteiger partial charge in [-0.15, -0.1) is 0 Å². The van der Waals surface area contributed by atoms with Crippen molar-refractivity contribution in [1.29, 1.82) is 0 Å². The topological polar surface area (TPSA) is 75.4 Å². The van der Waals surface area contributed by atoms with Crippen molar-refractivity contribution in [2.24, 2.45) is 0 Å². The van der Waals surface area contributed by atoms with E-state index in [1.165, 1.54) is 22.5 Å². The first kappa shape index (κ1) is 13.1. The second-order valence-electron chi connectivity index (χ2n) is 4.27. The fourth-order valence-electron chi connectivity index (χ4n) is 1.95. The highest BCUT2D eigenvalue weighted by Gasteiger charge is 2.25. The van der Waals surface area contributed by atoms with E-state index in [2.05, 4.69) is 4.72 Å². The van der Waals surface area contributed by atoms with Crippen LogP contribution in [0.15, 0.2) is 18.2 Å². The van der Waals surface area contributed by atoms with E-state index in [0.29, 0.717) is 13.1 Å². The first-order valence-electron chi connectivity index (χ1n) is 5.82. The van der Waals surface area contributed by atoms with E-state index in [1.54, 1.807) is 0 Å². The van der Waals surface area contributed by atoms with Crippen LogP contribution in [0.3, 0.4) is 0 Å². The van der Waals surface area contributed by atoms with Crippen LogP contribution in [0.2, 0.25) is 0 Å². The van der Waals surface area contributed by atoms with Crippen molar-refractivity contribution < 1.29 is 12.8 Å². The summed E-state index contributed by atoms with van der Waals surface area (Å²) in [5.74, 6) is -0.671. The first-order chi connectivity index (χ1) is 8.50. The summed E-state index contributed by atoms with van der Waals surface area (Å²) in [6, 6.07) is 4.06. The Hall–Kier alpha value is -1.34. The number of nitrogens with zero attached hydrogens (tertiary/aromatic N) is 1. The fourth-order valence-corrected chi connectivity index (χ4v) is 3.29. The third-order valence-electron chi connectivity index (χ3n) is 2.93. The number of halogens is 1. The van der Waals surface area contributed by atoms with Crippen molar-refractivity contribution in [3.8, 4) is 0 Å². The molecule has 100 valence electrons. The van der Waals surface area contributed by atoms with E-state index in [1.807, 2.05) is 0 Å². The molecular formula is C11H16FN3O2S. The van der Waals surface area contributed by atoms with E-state index in [4.69, 9.17) is 5.73 Å². The Bertz CT molecular complexity index is 507. The highest BCUT2D eigenvalue weighted by atomic mass is 32.2. The smallest absolute Gasteiger partial charge is 0.301 e. The molecule has 1 aromatic carbocycles. The monoisotopic (exact) mass is 273 g/mol. The number of benzene rings is 1. The van der Waals surface area contributed by atoms with E-state index < -0.39 is 16.0 Å². The van der Waals surface area contributed by atoms with Crippen LogP contribution in [0.25, 0.3) is 0 Å². The van der Waals surface area contributed by atoms with Gasteiger partial charge < -0.3 is 5.73 Å². The van der Waals surface area contributed by atoms with Gasteiger partial charge in [0.25, 0.3) is 0 Å². The predicted molar refractivity (Wildman–Crippen MR) is 68.8 cm³/mol. The van der Waals surface area contributed by atoms with Crippen LogP contribution in [-0.4, -0.2) is 25.8 Å². The van der Waals surface area contributed by atoms with Crippen molar-refractivity contribution in [2.75, 3.05) is 23.5 Å². The van der Waals surface area contributed by atoms with Gasteiger partial charge in [-0.2, -0.15) is 12.7 Å². The van der Waals surface area contributed by atoms with E-state index in [0.717, 1.165) is 19.3 Å². The third kappa shape index (κ3) is 2.73. The molecule has 0 atom stereocenters. The Kier molecular flexibility index (Phi) is 3.72. The standard InChI is InChI=1S/C11H16FN3O2S/c12-9-5-4-6-10(13)11(9)14-18(16,17)15-7-2-1-3-8-15/h4-6,14H,1-3,7-8,13H2. The Labute approximate surface area is 106 Å². The Morgan fingerprint density at radius 1 is 1.22 bits per heavy atom. The molecule has 2 rings (SSSR count). The molecule has 7 heteroatoms. The number of hydrogen-bond donors (Lipinski definition) is 2. The minimum Gasteiger partial charge on any atom is -0.397 e. The lowest BCUT2D eigenvalue weighted by atomic mass is 10.2. The normalized spacial score (nSPS) is 17.6. The van der Waals surface area contributed by atoms with E-state index >= 15 is 0 Å². The zero-order valence-electron chi connectivity index (χ0n) is 9.89. The molecule has 0 amide bonds. The number of para-hydroxylation sites is 1. The van der Waals surface area contributed by atoms with Gasteiger partial charge in [0.2, 0.25) is 0 Å². The summed E-state index contributed by atoms with van der Waals surface area (Å²) in [6.45, 7) is 0.924. The molecule has 0 spiro atoms. The van der Waals surface area contributed by atoms with Gasteiger partial charge in [0.1, 0.15) is 11.5 Å². The van der Waals surface area contributed by atoms with Gasteiger partial charge in [0.15, 0.2) is 0 Å². The maximum absolute atomic E-state index is 13.5. The maximum atomic E-state index is 13.5. The molecule has 0 unspecified atom stereocenters. The highest BCUT2D eigenvalue weighted by Crippen LogP contribution is 2.24. The van der Waals surface area contributed by atoms with Crippen LogP contribution >= 0.6 is 0 Å². The van der Waals surface area contributed by atoms with Crippen LogP contribution in [0.1, 0.15) is 19.3 Å². The molecule has 1 fully saturated rings. The predicted octanol–water partition coefficient (Wildman–Crippen LogP) is 1.55. The van der Waals surface area contributed by atoms with Crippen LogP contribution in [0.4, 0.5) is 15.8 Å². The Morgan fingerprint density at radius 2 is 1.89 bits per heavy atom. The van der Waals surface area contributed by atoms with Crippen LogP contribution in [0, 0.1) is 5.82 Å². The highest BCUT2D eigenvalue weighted by molar-refractivity contribution is 7.90. The van der Waals surface area contributed by atoms with Gasteiger partial charge in [0.05, 0.1) is 5.69 Å². The molecule has 1 aliphatic rings. The molecule has 0 aromatic heterocycles. The van der Waals surface area contributed by atoms with Crippen molar-refractivity contribution in [3.05, 3.63) is 24.0 Å². The van der Waals surface area contributed by atoms with E-state index in [-0.39, 0.29) is 11.4 Å². The van der Waals surface area contributed by atoms with Gasteiger partial charge >= 0.3 is 10.2 Å². The van der Waals surface area contributed by atoms with Crippen LogP contribution in [0.5, 0.6) is 0 Å². The van der Waals surface area contributed by atoms with Crippen molar-refractivity contribution in [2.45, 2.75) is 19.3 Å². The van der Waals surface area contributed by atoms with Gasteiger partial charge in [0, 0.05) is 13.1 Å². The molecule has 0 radical (unpaired) electrons. The lowest BCUT2D eigenvalue weighted by molar-refractivity contribution is 0.349. The quantitative estimate of drug-likeness (QED) is 0.820. The molecule has 3 N–H and O–H groups in total. The third-order valence-corrected chi connectivity index (χ3v) is 4.44. The molecular weight excluding hydrogens is 257 g/mol. The molecule has 1 heterocycles. The minimum atomic E-state index is -3.72. The molecule has 1 aliphatic heterocycles. The largest absolute Gasteiger partial charge is 0.397 e. The number of anilines is 2. The van der Waals surface area contributed by atoms with Crippen molar-refractivity contribution in [1.82, 2.24) is 4.31 Å². The molecule has 1 saturated heterocycles. The molecule has 0 aliphatic carbocycles. The first-order valence-corrected chi connectivity index (χ1v) is 7.26. The Morgan fingerprint density at radius 3 is 2.50 bits per heavy atom. The molecule has 1 aromatic rings. The van der Waals surface area contributed by atoms with Crippen LogP contribution in [-0.2, 0) is 10.2 Å². The minimum absolute atomic E-state index is 0.0792.